The monoisotopic (exact) mass is 397 g/mol. The summed E-state index contributed by atoms with van der Waals surface area (Å²) in [6, 6.07) is 14.0. The molecule has 106 valence electrons. The van der Waals surface area contributed by atoms with Crippen molar-refractivity contribution in [2.75, 3.05) is 0 Å². The second-order valence-electron chi connectivity index (χ2n) is 4.68. The smallest absolute Gasteiger partial charge is 0.128 e. The van der Waals surface area contributed by atoms with E-state index in [0.717, 1.165) is 33.3 Å². The molecule has 0 aliphatic rings. The molecule has 2 rings (SSSR count). The summed E-state index contributed by atoms with van der Waals surface area (Å²) in [5, 5.41) is 0. The van der Waals surface area contributed by atoms with Crippen LogP contribution in [0, 0.1) is 0 Å². The van der Waals surface area contributed by atoms with Crippen LogP contribution < -0.4 is 10.5 Å². The Bertz CT molecular complexity index is 569. The summed E-state index contributed by atoms with van der Waals surface area (Å²) in [7, 11) is 0. The topological polar surface area (TPSA) is 35.2 Å². The van der Waals surface area contributed by atoms with Crippen LogP contribution >= 0.6 is 31.9 Å². The van der Waals surface area contributed by atoms with Gasteiger partial charge >= 0.3 is 0 Å². The number of halogens is 2. The molecule has 2 nitrogen and oxygen atoms in total. The maximum atomic E-state index is 5.99. The van der Waals surface area contributed by atoms with Crippen LogP contribution in [0.15, 0.2) is 51.4 Å². The van der Waals surface area contributed by atoms with Gasteiger partial charge in [0.15, 0.2) is 0 Å². The average Bonchev–Trinajstić information content (AvgIpc) is 2.44. The third-order valence-electron chi connectivity index (χ3n) is 3.08. The van der Waals surface area contributed by atoms with Crippen LogP contribution in [0.2, 0.25) is 0 Å². The van der Waals surface area contributed by atoms with Crippen molar-refractivity contribution in [3.8, 4) is 11.5 Å². The lowest BCUT2D eigenvalue weighted by molar-refractivity contribution is 0.482. The molecule has 0 amide bonds. The fourth-order valence-corrected chi connectivity index (χ4v) is 2.61. The first-order valence-electron chi connectivity index (χ1n) is 6.56. The van der Waals surface area contributed by atoms with Gasteiger partial charge in [0, 0.05) is 15.0 Å². The Kier molecular flexibility index (Phi) is 5.64. The van der Waals surface area contributed by atoms with E-state index < -0.39 is 0 Å². The molecule has 0 bridgehead atoms. The number of rotatable bonds is 5. The van der Waals surface area contributed by atoms with Gasteiger partial charge in [-0.25, -0.2) is 0 Å². The summed E-state index contributed by atoms with van der Waals surface area (Å²) in [6.07, 6.45) is 1.85. The third kappa shape index (κ3) is 4.33. The Balaban J connectivity index is 2.10. The molecule has 1 unspecified atom stereocenters. The normalized spacial score (nSPS) is 12.2. The van der Waals surface area contributed by atoms with E-state index in [-0.39, 0.29) is 6.04 Å². The van der Waals surface area contributed by atoms with Crippen LogP contribution in [0.1, 0.15) is 18.9 Å². The first-order valence-corrected chi connectivity index (χ1v) is 8.14. The van der Waals surface area contributed by atoms with Crippen LogP contribution in [0.4, 0.5) is 0 Å². The van der Waals surface area contributed by atoms with Crippen molar-refractivity contribution in [2.45, 2.75) is 25.8 Å². The molecule has 2 aromatic carbocycles. The Morgan fingerprint density at radius 2 is 1.70 bits per heavy atom. The molecule has 4 heteroatoms. The van der Waals surface area contributed by atoms with E-state index in [1.807, 2.05) is 36.4 Å². The van der Waals surface area contributed by atoms with Crippen LogP contribution in [-0.4, -0.2) is 6.04 Å². The molecule has 2 aromatic rings. The van der Waals surface area contributed by atoms with Crippen molar-refractivity contribution < 1.29 is 4.74 Å². The summed E-state index contributed by atoms with van der Waals surface area (Å²) in [4.78, 5) is 0. The quantitative estimate of drug-likeness (QED) is 0.743. The number of hydrogen-bond acceptors (Lipinski definition) is 2. The van der Waals surface area contributed by atoms with Gasteiger partial charge in [0.1, 0.15) is 11.5 Å². The van der Waals surface area contributed by atoms with Crippen LogP contribution in [0.3, 0.4) is 0 Å². The zero-order chi connectivity index (χ0) is 14.5. The average molecular weight is 399 g/mol. The van der Waals surface area contributed by atoms with Crippen molar-refractivity contribution in [2.24, 2.45) is 5.73 Å². The molecule has 0 radical (unpaired) electrons. The lowest BCUT2D eigenvalue weighted by atomic mass is 10.0. The number of benzene rings is 2. The molecular formula is C16H17Br2NO. The Morgan fingerprint density at radius 3 is 2.30 bits per heavy atom. The SMILES string of the molecule is CCC(N)Cc1ccc(Oc2ccc(Br)cc2)cc1Br. The zero-order valence-electron chi connectivity index (χ0n) is 11.3. The lowest BCUT2D eigenvalue weighted by Crippen LogP contribution is -2.21. The highest BCUT2D eigenvalue weighted by molar-refractivity contribution is 9.10. The first-order chi connectivity index (χ1) is 9.58. The van der Waals surface area contributed by atoms with Crippen molar-refractivity contribution in [3.05, 3.63) is 57.0 Å². The molecule has 20 heavy (non-hydrogen) atoms. The molecule has 0 aliphatic heterocycles. The van der Waals surface area contributed by atoms with Crippen LogP contribution in [-0.2, 0) is 6.42 Å². The number of hydrogen-bond donors (Lipinski definition) is 1. The fraction of sp³-hybridized carbons (Fsp3) is 0.250. The van der Waals surface area contributed by atoms with E-state index in [1.54, 1.807) is 0 Å². The second kappa shape index (κ2) is 7.25. The lowest BCUT2D eigenvalue weighted by Gasteiger charge is -2.12. The second-order valence-corrected chi connectivity index (χ2v) is 6.45. The van der Waals surface area contributed by atoms with E-state index in [1.165, 1.54) is 5.56 Å². The van der Waals surface area contributed by atoms with E-state index in [0.29, 0.717) is 0 Å². The van der Waals surface area contributed by atoms with Gasteiger partial charge in [0.25, 0.3) is 0 Å². The molecule has 0 aliphatic carbocycles. The predicted molar refractivity (Wildman–Crippen MR) is 90.3 cm³/mol. The number of nitrogens with two attached hydrogens (primary N) is 1. The summed E-state index contributed by atoms with van der Waals surface area (Å²) in [6.45, 7) is 2.10. The molecule has 0 saturated carbocycles. The maximum absolute atomic E-state index is 5.99. The molecule has 0 aromatic heterocycles. The minimum Gasteiger partial charge on any atom is -0.457 e. The third-order valence-corrected chi connectivity index (χ3v) is 4.35. The van der Waals surface area contributed by atoms with Crippen molar-refractivity contribution in [1.82, 2.24) is 0 Å². The summed E-state index contributed by atoms with van der Waals surface area (Å²) >= 11 is 6.99. The summed E-state index contributed by atoms with van der Waals surface area (Å²) in [5.74, 6) is 1.63. The Hall–Kier alpha value is -0.840. The Labute approximate surface area is 136 Å². The highest BCUT2D eigenvalue weighted by atomic mass is 79.9. The van der Waals surface area contributed by atoms with Gasteiger partial charge in [0.05, 0.1) is 0 Å². The molecule has 1 atom stereocenters. The minimum absolute atomic E-state index is 0.199. The van der Waals surface area contributed by atoms with Crippen molar-refractivity contribution in [3.63, 3.8) is 0 Å². The maximum Gasteiger partial charge on any atom is 0.128 e. The largest absolute Gasteiger partial charge is 0.457 e. The standard InChI is InChI=1S/C16H17Br2NO/c1-2-13(19)9-11-3-6-15(10-16(11)18)20-14-7-4-12(17)5-8-14/h3-8,10,13H,2,9,19H2,1H3. The van der Waals surface area contributed by atoms with Gasteiger partial charge in [-0.1, -0.05) is 44.8 Å². The van der Waals surface area contributed by atoms with Crippen molar-refractivity contribution >= 4 is 31.9 Å². The Morgan fingerprint density at radius 1 is 1.05 bits per heavy atom. The molecular weight excluding hydrogens is 382 g/mol. The fourth-order valence-electron chi connectivity index (χ4n) is 1.82. The van der Waals surface area contributed by atoms with Crippen molar-refractivity contribution in [1.29, 1.82) is 0 Å². The molecule has 0 spiro atoms. The minimum atomic E-state index is 0.199. The summed E-state index contributed by atoms with van der Waals surface area (Å²) < 4.78 is 7.89. The number of ether oxygens (including phenoxy) is 1. The van der Waals surface area contributed by atoms with Gasteiger partial charge in [-0.3, -0.25) is 0 Å². The van der Waals surface area contributed by atoms with Gasteiger partial charge in [-0.2, -0.15) is 0 Å². The van der Waals surface area contributed by atoms with Gasteiger partial charge in [-0.15, -0.1) is 0 Å². The molecule has 2 N–H and O–H groups in total. The predicted octanol–water partition coefficient (Wildman–Crippen LogP) is 5.28. The molecule has 0 heterocycles. The highest BCUT2D eigenvalue weighted by Crippen LogP contribution is 2.28. The summed E-state index contributed by atoms with van der Waals surface area (Å²) in [5.41, 5.74) is 7.20. The van der Waals surface area contributed by atoms with E-state index in [9.17, 15) is 0 Å². The van der Waals surface area contributed by atoms with E-state index >= 15 is 0 Å². The van der Waals surface area contributed by atoms with Gasteiger partial charge < -0.3 is 10.5 Å². The van der Waals surface area contributed by atoms with E-state index in [2.05, 4.69) is 44.8 Å². The van der Waals surface area contributed by atoms with Crippen LogP contribution in [0.5, 0.6) is 11.5 Å². The van der Waals surface area contributed by atoms with Gasteiger partial charge in [0.2, 0.25) is 0 Å². The van der Waals surface area contributed by atoms with E-state index in [4.69, 9.17) is 10.5 Å². The molecule has 0 saturated heterocycles. The molecule has 0 fully saturated rings. The first kappa shape index (κ1) is 15.5. The zero-order valence-corrected chi connectivity index (χ0v) is 14.4. The highest BCUT2D eigenvalue weighted by Gasteiger charge is 2.07. The van der Waals surface area contributed by atoms with Gasteiger partial charge in [-0.05, 0) is 54.8 Å². The van der Waals surface area contributed by atoms with Crippen LogP contribution in [0.25, 0.3) is 0 Å².